The van der Waals surface area contributed by atoms with Crippen LogP contribution in [0.5, 0.6) is 5.75 Å². The van der Waals surface area contributed by atoms with Crippen LogP contribution in [-0.2, 0) is 4.74 Å². The minimum Gasteiger partial charge on any atom is -0.489 e. The number of aromatic carboxylic acids is 1. The number of carbonyl (C=O) groups is 1. The number of halogens is 1. The fourth-order valence-corrected chi connectivity index (χ4v) is 3.37. The van der Waals surface area contributed by atoms with E-state index in [2.05, 4.69) is 22.6 Å². The Morgan fingerprint density at radius 1 is 1.45 bits per heavy atom. The summed E-state index contributed by atoms with van der Waals surface area (Å²) >= 11 is 2.18. The van der Waals surface area contributed by atoms with E-state index in [1.54, 1.807) is 18.2 Å². The molecule has 0 radical (unpaired) electrons. The summed E-state index contributed by atoms with van der Waals surface area (Å²) in [6.45, 7) is 0.736. The van der Waals surface area contributed by atoms with Crippen LogP contribution >= 0.6 is 22.6 Å². The Bertz CT molecular complexity index is 525. The molecule has 1 aromatic rings. The summed E-state index contributed by atoms with van der Waals surface area (Å²) in [6, 6.07) is 5.01. The number of hydrogen-bond acceptors (Lipinski definition) is 3. The van der Waals surface area contributed by atoms with Crippen molar-refractivity contribution in [1.82, 2.24) is 0 Å². The average molecular weight is 388 g/mol. The van der Waals surface area contributed by atoms with Gasteiger partial charge in [-0.15, -0.1) is 0 Å². The van der Waals surface area contributed by atoms with Crippen LogP contribution in [-0.4, -0.2) is 29.4 Å². The third-order valence-electron chi connectivity index (χ3n) is 4.18. The number of carboxylic acid groups (broad SMARTS) is 1. The van der Waals surface area contributed by atoms with Crippen molar-refractivity contribution in [3.05, 3.63) is 27.3 Å². The molecular formula is C15H17IO4. The fourth-order valence-electron chi connectivity index (χ4n) is 2.91. The van der Waals surface area contributed by atoms with Crippen molar-refractivity contribution >= 4 is 28.6 Å². The summed E-state index contributed by atoms with van der Waals surface area (Å²) in [5, 5.41) is 9.06. The Hall–Kier alpha value is -0.820. The van der Waals surface area contributed by atoms with Crippen LogP contribution in [0.1, 0.15) is 42.5 Å². The predicted molar refractivity (Wildman–Crippen MR) is 82.3 cm³/mol. The van der Waals surface area contributed by atoms with Gasteiger partial charge in [0.05, 0.1) is 21.3 Å². The van der Waals surface area contributed by atoms with Crippen molar-refractivity contribution in [1.29, 1.82) is 0 Å². The molecule has 0 aromatic heterocycles. The highest BCUT2D eigenvalue weighted by Gasteiger charge is 2.43. The van der Waals surface area contributed by atoms with Crippen molar-refractivity contribution in [2.45, 2.75) is 43.8 Å². The Morgan fingerprint density at radius 3 is 2.90 bits per heavy atom. The first-order valence-corrected chi connectivity index (χ1v) is 7.99. The van der Waals surface area contributed by atoms with E-state index in [1.807, 2.05) is 0 Å². The molecule has 4 nitrogen and oxygen atoms in total. The third-order valence-corrected chi connectivity index (χ3v) is 5.08. The van der Waals surface area contributed by atoms with Crippen molar-refractivity contribution in [2.24, 2.45) is 0 Å². The van der Waals surface area contributed by atoms with Gasteiger partial charge in [-0.3, -0.25) is 0 Å². The fraction of sp³-hybridized carbons (Fsp3) is 0.533. The summed E-state index contributed by atoms with van der Waals surface area (Å²) in [6.07, 6.45) is 5.40. The van der Waals surface area contributed by atoms with Crippen LogP contribution in [0, 0.1) is 3.57 Å². The van der Waals surface area contributed by atoms with Crippen molar-refractivity contribution in [3.8, 4) is 5.75 Å². The standard InChI is InChI=1S/C15H17IO4/c16-12-3-2-10(14(17)18)8-13(12)20-11-4-7-19-15(9-11)5-1-6-15/h2-3,8,11H,1,4-7,9H2,(H,17,18). The van der Waals surface area contributed by atoms with E-state index in [9.17, 15) is 4.79 Å². The minimum absolute atomic E-state index is 0.0404. The number of carboxylic acids is 1. The molecule has 1 aliphatic carbocycles. The summed E-state index contributed by atoms with van der Waals surface area (Å²) in [4.78, 5) is 11.0. The molecule has 1 spiro atoms. The molecule has 1 saturated heterocycles. The van der Waals surface area contributed by atoms with Gasteiger partial charge >= 0.3 is 5.97 Å². The topological polar surface area (TPSA) is 55.8 Å². The van der Waals surface area contributed by atoms with E-state index in [0.29, 0.717) is 5.75 Å². The van der Waals surface area contributed by atoms with Gasteiger partial charge in [-0.1, -0.05) is 0 Å². The third kappa shape index (κ3) is 2.79. The Morgan fingerprint density at radius 2 is 2.25 bits per heavy atom. The molecule has 3 rings (SSSR count). The lowest BCUT2D eigenvalue weighted by atomic mass is 9.74. The Balaban J connectivity index is 1.73. The number of rotatable bonds is 3. The maximum absolute atomic E-state index is 11.0. The quantitative estimate of drug-likeness (QED) is 0.806. The van der Waals surface area contributed by atoms with E-state index in [4.69, 9.17) is 14.6 Å². The van der Waals surface area contributed by atoms with Gasteiger partial charge in [-0.25, -0.2) is 4.79 Å². The zero-order valence-electron chi connectivity index (χ0n) is 11.1. The van der Waals surface area contributed by atoms with E-state index in [0.717, 1.165) is 35.9 Å². The lowest BCUT2D eigenvalue weighted by Crippen LogP contribution is -2.48. The second-order valence-electron chi connectivity index (χ2n) is 5.57. The first kappa shape index (κ1) is 14.1. The molecule has 0 bridgehead atoms. The van der Waals surface area contributed by atoms with Gasteiger partial charge in [0.2, 0.25) is 0 Å². The molecule has 1 saturated carbocycles. The van der Waals surface area contributed by atoms with E-state index >= 15 is 0 Å². The van der Waals surface area contributed by atoms with Crippen LogP contribution in [0.25, 0.3) is 0 Å². The molecule has 0 amide bonds. The molecule has 1 aromatic carbocycles. The summed E-state index contributed by atoms with van der Waals surface area (Å²) in [5.74, 6) is -0.249. The molecule has 1 aliphatic heterocycles. The van der Waals surface area contributed by atoms with Gasteiger partial charge in [0.1, 0.15) is 11.9 Å². The molecule has 20 heavy (non-hydrogen) atoms. The lowest BCUT2D eigenvalue weighted by Gasteiger charge is -2.46. The zero-order valence-corrected chi connectivity index (χ0v) is 13.3. The van der Waals surface area contributed by atoms with E-state index in [1.165, 1.54) is 6.42 Å². The van der Waals surface area contributed by atoms with Crippen LogP contribution in [0.4, 0.5) is 0 Å². The maximum atomic E-state index is 11.0. The Labute approximate surface area is 131 Å². The zero-order chi connectivity index (χ0) is 14.2. The van der Waals surface area contributed by atoms with Crippen LogP contribution in [0.15, 0.2) is 18.2 Å². The molecule has 1 unspecified atom stereocenters. The van der Waals surface area contributed by atoms with Crippen LogP contribution in [0.2, 0.25) is 0 Å². The van der Waals surface area contributed by atoms with Gasteiger partial charge in [-0.2, -0.15) is 0 Å². The van der Waals surface area contributed by atoms with Crippen LogP contribution < -0.4 is 4.74 Å². The molecule has 1 N–H and O–H groups in total. The summed E-state index contributed by atoms with van der Waals surface area (Å²) in [7, 11) is 0. The molecule has 2 aliphatic rings. The predicted octanol–water partition coefficient (Wildman–Crippen LogP) is 3.47. The minimum atomic E-state index is -0.923. The summed E-state index contributed by atoms with van der Waals surface area (Å²) in [5.41, 5.74) is 0.310. The number of hydrogen-bond donors (Lipinski definition) is 1. The second-order valence-corrected chi connectivity index (χ2v) is 6.73. The van der Waals surface area contributed by atoms with Crippen molar-refractivity contribution in [2.75, 3.05) is 6.61 Å². The van der Waals surface area contributed by atoms with E-state index in [-0.39, 0.29) is 17.3 Å². The smallest absolute Gasteiger partial charge is 0.335 e. The Kier molecular flexibility index (Phi) is 3.90. The molecule has 1 heterocycles. The van der Waals surface area contributed by atoms with Gasteiger partial charge in [0, 0.05) is 12.8 Å². The molecule has 1 atom stereocenters. The normalized spacial score (nSPS) is 24.1. The van der Waals surface area contributed by atoms with Gasteiger partial charge in [0.15, 0.2) is 0 Å². The second kappa shape index (κ2) is 5.52. The van der Waals surface area contributed by atoms with Gasteiger partial charge in [-0.05, 0) is 60.1 Å². The lowest BCUT2D eigenvalue weighted by molar-refractivity contribution is -0.153. The molecular weight excluding hydrogens is 371 g/mol. The van der Waals surface area contributed by atoms with Crippen molar-refractivity contribution < 1.29 is 19.4 Å². The SMILES string of the molecule is O=C(O)c1ccc(I)c(OC2CCOC3(CCC3)C2)c1. The highest BCUT2D eigenvalue weighted by atomic mass is 127. The summed E-state index contributed by atoms with van der Waals surface area (Å²) < 4.78 is 12.9. The highest BCUT2D eigenvalue weighted by Crippen LogP contribution is 2.43. The monoisotopic (exact) mass is 388 g/mol. The van der Waals surface area contributed by atoms with E-state index < -0.39 is 5.97 Å². The highest BCUT2D eigenvalue weighted by molar-refractivity contribution is 14.1. The van der Waals surface area contributed by atoms with Crippen LogP contribution in [0.3, 0.4) is 0 Å². The van der Waals surface area contributed by atoms with Gasteiger partial charge < -0.3 is 14.6 Å². The molecule has 2 fully saturated rings. The number of benzene rings is 1. The van der Waals surface area contributed by atoms with Gasteiger partial charge in [0.25, 0.3) is 0 Å². The largest absolute Gasteiger partial charge is 0.489 e. The first-order chi connectivity index (χ1) is 9.58. The van der Waals surface area contributed by atoms with Crippen molar-refractivity contribution in [3.63, 3.8) is 0 Å². The first-order valence-electron chi connectivity index (χ1n) is 6.91. The maximum Gasteiger partial charge on any atom is 0.335 e. The number of ether oxygens (including phenoxy) is 2. The molecule has 108 valence electrons. The molecule has 5 heteroatoms. The average Bonchev–Trinajstić information content (AvgIpc) is 2.39.